The Morgan fingerprint density at radius 3 is 2.67 bits per heavy atom. The first kappa shape index (κ1) is 13.7. The third kappa shape index (κ3) is 2.65. The highest BCUT2D eigenvalue weighted by molar-refractivity contribution is 5.94. The van der Waals surface area contributed by atoms with Crippen molar-refractivity contribution in [3.05, 3.63) is 66.1 Å². The van der Waals surface area contributed by atoms with Crippen molar-refractivity contribution in [1.29, 1.82) is 0 Å². The molecule has 3 aromatic rings. The largest absolute Gasteiger partial charge is 0.468 e. The topological polar surface area (TPSA) is 42.4 Å². The quantitative estimate of drug-likeness (QED) is 0.770. The van der Waals surface area contributed by atoms with E-state index >= 15 is 0 Å². The molecule has 0 aliphatic carbocycles. The minimum atomic E-state index is 0.440. The summed E-state index contributed by atoms with van der Waals surface area (Å²) in [5, 5.41) is 2.54. The highest BCUT2D eigenvalue weighted by atomic mass is 16.3. The summed E-state index contributed by atoms with van der Waals surface area (Å²) in [5.74, 6) is 0.869. The standard InChI is InChI=1S/C18H20N2O/c1-2-20(13-15-10-11-21-18(15)12-19)17-9-5-7-14-6-3-4-8-16(14)17/h3-11H,2,12-13,19H2,1H3. The lowest BCUT2D eigenvalue weighted by Gasteiger charge is -2.24. The Morgan fingerprint density at radius 1 is 1.05 bits per heavy atom. The van der Waals surface area contributed by atoms with Crippen LogP contribution in [0.1, 0.15) is 18.2 Å². The van der Waals surface area contributed by atoms with Gasteiger partial charge < -0.3 is 15.1 Å². The molecule has 0 unspecified atom stereocenters. The average Bonchev–Trinajstić information content (AvgIpc) is 2.99. The van der Waals surface area contributed by atoms with Crippen LogP contribution in [0.5, 0.6) is 0 Å². The average molecular weight is 280 g/mol. The number of hydrogen-bond donors (Lipinski definition) is 1. The van der Waals surface area contributed by atoms with E-state index in [1.165, 1.54) is 16.5 Å². The number of furan rings is 1. The minimum absolute atomic E-state index is 0.440. The molecule has 0 radical (unpaired) electrons. The summed E-state index contributed by atoms with van der Waals surface area (Å²) >= 11 is 0. The molecule has 0 aliphatic rings. The van der Waals surface area contributed by atoms with Gasteiger partial charge in [-0.1, -0.05) is 36.4 Å². The molecule has 0 saturated heterocycles. The number of benzene rings is 2. The summed E-state index contributed by atoms with van der Waals surface area (Å²) in [6.07, 6.45) is 1.72. The summed E-state index contributed by atoms with van der Waals surface area (Å²) < 4.78 is 5.43. The van der Waals surface area contributed by atoms with Gasteiger partial charge in [0, 0.05) is 29.7 Å². The summed E-state index contributed by atoms with van der Waals surface area (Å²) in [6.45, 7) is 4.36. The van der Waals surface area contributed by atoms with E-state index in [4.69, 9.17) is 10.2 Å². The Morgan fingerprint density at radius 2 is 1.86 bits per heavy atom. The second kappa shape index (κ2) is 6.02. The van der Waals surface area contributed by atoms with Crippen LogP contribution >= 0.6 is 0 Å². The molecule has 2 aromatic carbocycles. The highest BCUT2D eigenvalue weighted by Gasteiger charge is 2.12. The number of anilines is 1. The van der Waals surface area contributed by atoms with Crippen LogP contribution in [-0.4, -0.2) is 6.54 Å². The fraction of sp³-hybridized carbons (Fsp3) is 0.222. The van der Waals surface area contributed by atoms with E-state index in [0.717, 1.165) is 24.4 Å². The van der Waals surface area contributed by atoms with Crippen LogP contribution in [-0.2, 0) is 13.1 Å². The van der Waals surface area contributed by atoms with Gasteiger partial charge in [-0.25, -0.2) is 0 Å². The molecule has 0 fully saturated rings. The summed E-state index contributed by atoms with van der Waals surface area (Å²) in [5.41, 5.74) is 8.14. The first-order chi connectivity index (χ1) is 10.3. The molecule has 0 aliphatic heterocycles. The summed E-state index contributed by atoms with van der Waals surface area (Å²) in [6, 6.07) is 16.9. The van der Waals surface area contributed by atoms with Gasteiger partial charge >= 0.3 is 0 Å². The van der Waals surface area contributed by atoms with Crippen molar-refractivity contribution in [2.45, 2.75) is 20.0 Å². The third-order valence-corrected chi connectivity index (χ3v) is 3.87. The smallest absolute Gasteiger partial charge is 0.122 e. The lowest BCUT2D eigenvalue weighted by atomic mass is 10.1. The highest BCUT2D eigenvalue weighted by Crippen LogP contribution is 2.28. The first-order valence-electron chi connectivity index (χ1n) is 7.31. The molecule has 0 atom stereocenters. The second-order valence-corrected chi connectivity index (χ2v) is 5.09. The molecule has 1 heterocycles. The molecule has 0 amide bonds. The van der Waals surface area contributed by atoms with Gasteiger partial charge in [0.2, 0.25) is 0 Å². The maximum absolute atomic E-state index is 5.73. The van der Waals surface area contributed by atoms with E-state index < -0.39 is 0 Å². The number of nitrogens with zero attached hydrogens (tertiary/aromatic N) is 1. The molecule has 0 bridgehead atoms. The van der Waals surface area contributed by atoms with Gasteiger partial charge in [0.1, 0.15) is 5.76 Å². The number of rotatable bonds is 5. The summed E-state index contributed by atoms with van der Waals surface area (Å²) in [7, 11) is 0. The van der Waals surface area contributed by atoms with Crippen LogP contribution in [0.25, 0.3) is 10.8 Å². The Kier molecular flexibility index (Phi) is 3.93. The molecule has 1 aromatic heterocycles. The van der Waals surface area contributed by atoms with Gasteiger partial charge in [-0.3, -0.25) is 0 Å². The van der Waals surface area contributed by atoms with Crippen LogP contribution in [0.4, 0.5) is 5.69 Å². The number of nitrogens with two attached hydrogens (primary N) is 1. The molecule has 0 spiro atoms. The predicted molar refractivity (Wildman–Crippen MR) is 87.3 cm³/mol. The fourth-order valence-electron chi connectivity index (χ4n) is 2.74. The van der Waals surface area contributed by atoms with Crippen LogP contribution in [0.2, 0.25) is 0 Å². The van der Waals surface area contributed by atoms with Gasteiger partial charge in [0.25, 0.3) is 0 Å². The zero-order chi connectivity index (χ0) is 14.7. The Balaban J connectivity index is 1.99. The van der Waals surface area contributed by atoms with Crippen LogP contribution in [0.3, 0.4) is 0 Å². The zero-order valence-corrected chi connectivity index (χ0v) is 12.3. The van der Waals surface area contributed by atoms with E-state index in [9.17, 15) is 0 Å². The Labute approximate surface area is 125 Å². The van der Waals surface area contributed by atoms with Crippen molar-refractivity contribution in [3.63, 3.8) is 0 Å². The van der Waals surface area contributed by atoms with Crippen LogP contribution in [0, 0.1) is 0 Å². The van der Waals surface area contributed by atoms with Gasteiger partial charge in [0.05, 0.1) is 12.8 Å². The molecule has 2 N–H and O–H groups in total. The lowest BCUT2D eigenvalue weighted by molar-refractivity contribution is 0.506. The van der Waals surface area contributed by atoms with Crippen molar-refractivity contribution in [1.82, 2.24) is 0 Å². The van der Waals surface area contributed by atoms with Crippen LogP contribution < -0.4 is 10.6 Å². The van der Waals surface area contributed by atoms with E-state index in [1.54, 1.807) is 6.26 Å². The molecule has 21 heavy (non-hydrogen) atoms. The molecular weight excluding hydrogens is 260 g/mol. The monoisotopic (exact) mass is 280 g/mol. The van der Waals surface area contributed by atoms with Crippen molar-refractivity contribution in [2.75, 3.05) is 11.4 Å². The van der Waals surface area contributed by atoms with Gasteiger partial charge in [-0.15, -0.1) is 0 Å². The molecular formula is C18H20N2O. The molecule has 3 rings (SSSR count). The van der Waals surface area contributed by atoms with E-state index in [1.807, 2.05) is 6.07 Å². The molecule has 108 valence electrons. The van der Waals surface area contributed by atoms with Gasteiger partial charge in [0.15, 0.2) is 0 Å². The molecule has 3 heteroatoms. The second-order valence-electron chi connectivity index (χ2n) is 5.09. The SMILES string of the molecule is CCN(Cc1ccoc1CN)c1cccc2ccccc12. The normalized spacial score (nSPS) is 11.0. The van der Waals surface area contributed by atoms with E-state index in [2.05, 4.69) is 54.3 Å². The maximum atomic E-state index is 5.73. The predicted octanol–water partition coefficient (Wildman–Crippen LogP) is 3.92. The zero-order valence-electron chi connectivity index (χ0n) is 12.3. The Bertz CT molecular complexity index is 727. The van der Waals surface area contributed by atoms with Gasteiger partial charge in [-0.2, -0.15) is 0 Å². The van der Waals surface area contributed by atoms with Crippen molar-refractivity contribution < 1.29 is 4.42 Å². The third-order valence-electron chi connectivity index (χ3n) is 3.87. The lowest BCUT2D eigenvalue weighted by Crippen LogP contribution is -2.22. The number of fused-ring (bicyclic) bond motifs is 1. The molecule has 0 saturated carbocycles. The molecule has 3 nitrogen and oxygen atoms in total. The maximum Gasteiger partial charge on any atom is 0.122 e. The van der Waals surface area contributed by atoms with Crippen LogP contribution in [0.15, 0.2) is 59.2 Å². The van der Waals surface area contributed by atoms with Crippen molar-refractivity contribution >= 4 is 16.5 Å². The van der Waals surface area contributed by atoms with Crippen molar-refractivity contribution in [3.8, 4) is 0 Å². The number of hydrogen-bond acceptors (Lipinski definition) is 3. The van der Waals surface area contributed by atoms with Gasteiger partial charge in [-0.05, 0) is 24.4 Å². The summed E-state index contributed by atoms with van der Waals surface area (Å²) in [4.78, 5) is 2.35. The Hall–Kier alpha value is -2.26. The fourth-order valence-corrected chi connectivity index (χ4v) is 2.74. The van der Waals surface area contributed by atoms with E-state index in [0.29, 0.717) is 6.54 Å². The first-order valence-corrected chi connectivity index (χ1v) is 7.31. The minimum Gasteiger partial charge on any atom is -0.468 e. The van der Waals surface area contributed by atoms with E-state index in [-0.39, 0.29) is 0 Å². The van der Waals surface area contributed by atoms with Crippen molar-refractivity contribution in [2.24, 2.45) is 5.73 Å².